The Morgan fingerprint density at radius 2 is 1.85 bits per heavy atom. The van der Waals surface area contributed by atoms with Crippen LogP contribution >= 0.6 is 0 Å². The fraction of sp³-hybridized carbons (Fsp3) is 0.571. The van der Waals surface area contributed by atoms with Gasteiger partial charge in [0.2, 0.25) is 0 Å². The number of nitro groups is 1. The minimum absolute atomic E-state index is 0.0889. The topological polar surface area (TPSA) is 64.8 Å². The predicted octanol–water partition coefficient (Wildman–Crippen LogP) is 1.84. The van der Waals surface area contributed by atoms with Gasteiger partial charge in [-0.1, -0.05) is 0 Å². The molecule has 2 fully saturated rings. The molecule has 1 aromatic rings. The Hall–Kier alpha value is -1.66. The molecular weight excluding hydrogens is 260 g/mol. The first-order valence-electron chi connectivity index (χ1n) is 6.84. The molecule has 0 saturated carbocycles. The summed E-state index contributed by atoms with van der Waals surface area (Å²) in [6.07, 6.45) is 2.03. The van der Waals surface area contributed by atoms with Gasteiger partial charge in [0.15, 0.2) is 0 Å². The number of hydrogen-bond acceptors (Lipinski definition) is 5. The third-order valence-corrected chi connectivity index (χ3v) is 4.19. The molecule has 2 atom stereocenters. The predicted molar refractivity (Wildman–Crippen MR) is 72.9 cm³/mol. The van der Waals surface area contributed by atoms with Crippen molar-refractivity contribution in [1.29, 1.82) is 0 Å². The molecule has 2 saturated heterocycles. The van der Waals surface area contributed by atoms with Crippen molar-refractivity contribution in [1.82, 2.24) is 4.90 Å². The molecule has 0 aromatic heterocycles. The van der Waals surface area contributed by atoms with E-state index in [1.807, 2.05) is 0 Å². The van der Waals surface area contributed by atoms with Crippen molar-refractivity contribution in [3.63, 3.8) is 0 Å². The number of non-ortho nitro benzene ring substituents is 1. The van der Waals surface area contributed by atoms with Gasteiger partial charge in [0.25, 0.3) is 5.69 Å². The number of rotatable bonds is 3. The zero-order chi connectivity index (χ0) is 14.1. The fourth-order valence-electron chi connectivity index (χ4n) is 2.98. The van der Waals surface area contributed by atoms with Crippen molar-refractivity contribution < 1.29 is 14.4 Å². The molecule has 0 amide bonds. The van der Waals surface area contributed by atoms with E-state index in [0.717, 1.165) is 26.1 Å². The summed E-state index contributed by atoms with van der Waals surface area (Å²) in [5.41, 5.74) is 0.0889. The number of nitro benzene ring substituents is 1. The van der Waals surface area contributed by atoms with Crippen LogP contribution in [0.1, 0.15) is 12.8 Å². The average Bonchev–Trinajstić information content (AvgIpc) is 2.40. The summed E-state index contributed by atoms with van der Waals surface area (Å²) in [5, 5.41) is 10.6. The number of piperidine rings is 1. The number of likely N-dealkylation sites (N-methyl/N-ethyl adjacent to an activating group) is 1. The Balaban J connectivity index is 1.65. The molecule has 1 aromatic carbocycles. The van der Waals surface area contributed by atoms with Crippen LogP contribution in [0.25, 0.3) is 0 Å². The van der Waals surface area contributed by atoms with Gasteiger partial charge in [-0.3, -0.25) is 15.0 Å². The molecule has 2 bridgehead atoms. The summed E-state index contributed by atoms with van der Waals surface area (Å²) in [4.78, 5) is 12.6. The van der Waals surface area contributed by atoms with Crippen LogP contribution in [0.4, 0.5) is 5.69 Å². The third kappa shape index (κ3) is 2.62. The lowest BCUT2D eigenvalue weighted by molar-refractivity contribution is -0.384. The second kappa shape index (κ2) is 5.38. The summed E-state index contributed by atoms with van der Waals surface area (Å²) >= 11 is 0. The maximum atomic E-state index is 10.6. The van der Waals surface area contributed by atoms with E-state index in [1.165, 1.54) is 12.1 Å². The molecule has 0 spiro atoms. The van der Waals surface area contributed by atoms with Crippen LogP contribution in [-0.2, 0) is 4.74 Å². The van der Waals surface area contributed by atoms with E-state index < -0.39 is 4.92 Å². The SMILES string of the molecule is CN1[C@@H]2COC[C@@H]1CC(Oc1ccc([N+](=O)[O-])cc1)C2. The molecule has 2 aliphatic rings. The zero-order valence-electron chi connectivity index (χ0n) is 11.4. The number of benzene rings is 1. The molecule has 108 valence electrons. The number of morpholine rings is 1. The van der Waals surface area contributed by atoms with Crippen LogP contribution in [-0.4, -0.2) is 48.3 Å². The Kier molecular flexibility index (Phi) is 3.58. The largest absolute Gasteiger partial charge is 0.490 e. The monoisotopic (exact) mass is 278 g/mol. The van der Waals surface area contributed by atoms with E-state index >= 15 is 0 Å². The Morgan fingerprint density at radius 1 is 1.25 bits per heavy atom. The van der Waals surface area contributed by atoms with Gasteiger partial charge < -0.3 is 9.47 Å². The van der Waals surface area contributed by atoms with Crippen LogP contribution in [0.5, 0.6) is 5.75 Å². The quantitative estimate of drug-likeness (QED) is 0.623. The smallest absolute Gasteiger partial charge is 0.269 e. The highest BCUT2D eigenvalue weighted by Crippen LogP contribution is 2.29. The molecule has 20 heavy (non-hydrogen) atoms. The van der Waals surface area contributed by atoms with E-state index in [2.05, 4.69) is 11.9 Å². The standard InChI is InChI=1S/C14H18N2O4/c1-15-11-6-14(7-12(15)9-19-8-11)20-13-4-2-10(3-5-13)16(17)18/h2-5,11-12,14H,6-9H2,1H3/t11-,12-/m0/s1. The minimum atomic E-state index is -0.402. The molecule has 2 aliphatic heterocycles. The Bertz CT molecular complexity index is 476. The summed E-state index contributed by atoms with van der Waals surface area (Å²) in [6.45, 7) is 1.51. The highest BCUT2D eigenvalue weighted by Gasteiger charge is 2.37. The molecule has 2 heterocycles. The molecule has 3 rings (SSSR count). The maximum Gasteiger partial charge on any atom is 0.269 e. The molecule has 0 N–H and O–H groups in total. The molecule has 6 heteroatoms. The van der Waals surface area contributed by atoms with Gasteiger partial charge in [0.1, 0.15) is 11.9 Å². The van der Waals surface area contributed by atoms with Gasteiger partial charge in [0.05, 0.1) is 18.1 Å². The van der Waals surface area contributed by atoms with E-state index in [9.17, 15) is 10.1 Å². The van der Waals surface area contributed by atoms with E-state index in [4.69, 9.17) is 9.47 Å². The van der Waals surface area contributed by atoms with Gasteiger partial charge in [0, 0.05) is 37.1 Å². The Morgan fingerprint density at radius 3 is 2.40 bits per heavy atom. The maximum absolute atomic E-state index is 10.6. The van der Waals surface area contributed by atoms with Crippen molar-refractivity contribution in [2.75, 3.05) is 20.3 Å². The highest BCUT2D eigenvalue weighted by atomic mass is 16.6. The highest BCUT2D eigenvalue weighted by molar-refractivity contribution is 5.36. The summed E-state index contributed by atoms with van der Waals surface area (Å²) < 4.78 is 11.5. The minimum Gasteiger partial charge on any atom is -0.490 e. The van der Waals surface area contributed by atoms with E-state index in [0.29, 0.717) is 17.8 Å². The normalized spacial score (nSPS) is 29.9. The first kappa shape index (κ1) is 13.3. The molecule has 0 unspecified atom stereocenters. The molecule has 0 aliphatic carbocycles. The van der Waals surface area contributed by atoms with Crippen LogP contribution in [0.3, 0.4) is 0 Å². The van der Waals surface area contributed by atoms with Crippen LogP contribution in [0, 0.1) is 10.1 Å². The third-order valence-electron chi connectivity index (χ3n) is 4.19. The summed E-state index contributed by atoms with van der Waals surface area (Å²) in [7, 11) is 2.14. The number of ether oxygens (including phenoxy) is 2. The van der Waals surface area contributed by atoms with Crippen molar-refractivity contribution in [2.45, 2.75) is 31.0 Å². The lowest BCUT2D eigenvalue weighted by Crippen LogP contribution is -2.57. The first-order chi connectivity index (χ1) is 9.63. The number of fused-ring (bicyclic) bond motifs is 2. The lowest BCUT2D eigenvalue weighted by Gasteiger charge is -2.46. The van der Waals surface area contributed by atoms with Crippen molar-refractivity contribution >= 4 is 5.69 Å². The van der Waals surface area contributed by atoms with E-state index in [1.54, 1.807) is 12.1 Å². The van der Waals surface area contributed by atoms with Crippen LogP contribution in [0.2, 0.25) is 0 Å². The molecule has 6 nitrogen and oxygen atoms in total. The van der Waals surface area contributed by atoms with Gasteiger partial charge in [-0.2, -0.15) is 0 Å². The molecular formula is C14H18N2O4. The second-order valence-electron chi connectivity index (χ2n) is 5.47. The second-order valence-corrected chi connectivity index (χ2v) is 5.47. The average molecular weight is 278 g/mol. The zero-order valence-corrected chi connectivity index (χ0v) is 11.4. The summed E-state index contributed by atoms with van der Waals surface area (Å²) in [6, 6.07) is 7.12. The van der Waals surface area contributed by atoms with Crippen molar-refractivity contribution in [3.05, 3.63) is 34.4 Å². The summed E-state index contributed by atoms with van der Waals surface area (Å²) in [5.74, 6) is 0.698. The van der Waals surface area contributed by atoms with Crippen molar-refractivity contribution in [3.8, 4) is 5.75 Å². The van der Waals surface area contributed by atoms with E-state index in [-0.39, 0.29) is 11.8 Å². The van der Waals surface area contributed by atoms with Gasteiger partial charge >= 0.3 is 0 Å². The molecule has 0 radical (unpaired) electrons. The van der Waals surface area contributed by atoms with Gasteiger partial charge in [-0.15, -0.1) is 0 Å². The van der Waals surface area contributed by atoms with Crippen molar-refractivity contribution in [2.24, 2.45) is 0 Å². The lowest BCUT2D eigenvalue weighted by atomic mass is 9.92. The fourth-order valence-corrected chi connectivity index (χ4v) is 2.98. The van der Waals surface area contributed by atoms with Gasteiger partial charge in [-0.05, 0) is 19.2 Å². The van der Waals surface area contributed by atoms with Crippen LogP contribution < -0.4 is 4.74 Å². The van der Waals surface area contributed by atoms with Crippen LogP contribution in [0.15, 0.2) is 24.3 Å². The van der Waals surface area contributed by atoms with Gasteiger partial charge in [-0.25, -0.2) is 0 Å². The first-order valence-corrected chi connectivity index (χ1v) is 6.84. The number of hydrogen-bond donors (Lipinski definition) is 0. The Labute approximate surface area is 117 Å². The number of nitrogens with zero attached hydrogens (tertiary/aromatic N) is 2.